The fourth-order valence-corrected chi connectivity index (χ4v) is 5.14. The number of hydrogen-bond acceptors (Lipinski definition) is 7. The number of primary sulfonamides is 1. The van der Waals surface area contributed by atoms with Crippen molar-refractivity contribution in [2.75, 3.05) is 33.9 Å². The summed E-state index contributed by atoms with van der Waals surface area (Å²) < 4.78 is 53.6. The third-order valence-electron chi connectivity index (χ3n) is 6.29. The number of sulfonamides is 1. The van der Waals surface area contributed by atoms with E-state index in [1.165, 1.54) is 19.2 Å². The Hall–Kier alpha value is -2.79. The van der Waals surface area contributed by atoms with E-state index in [9.17, 15) is 12.8 Å². The van der Waals surface area contributed by atoms with Crippen LogP contribution in [0.3, 0.4) is 0 Å². The van der Waals surface area contributed by atoms with Gasteiger partial charge in [-0.3, -0.25) is 0 Å². The monoisotopic (exact) mass is 503 g/mol. The van der Waals surface area contributed by atoms with E-state index in [4.69, 9.17) is 24.0 Å². The maximum absolute atomic E-state index is 13.3. The number of hydrogen-bond donors (Lipinski definition) is 1. The number of aromatic nitrogens is 1. The molecule has 0 atom stereocenters. The number of piperidine rings is 1. The average Bonchev–Trinajstić information content (AvgIpc) is 3.27. The van der Waals surface area contributed by atoms with Gasteiger partial charge in [0.2, 0.25) is 10.0 Å². The van der Waals surface area contributed by atoms with E-state index in [1.54, 1.807) is 31.4 Å². The van der Waals surface area contributed by atoms with Gasteiger partial charge in [-0.05, 0) is 74.3 Å². The summed E-state index contributed by atoms with van der Waals surface area (Å²) >= 11 is 0. The van der Waals surface area contributed by atoms with E-state index in [1.807, 2.05) is 6.07 Å². The molecule has 0 aliphatic carbocycles. The molecule has 8 nitrogen and oxygen atoms in total. The van der Waals surface area contributed by atoms with E-state index >= 15 is 0 Å². The molecule has 0 spiro atoms. The highest BCUT2D eigenvalue weighted by Gasteiger charge is 2.26. The number of methoxy groups -OCH3 is 2. The molecule has 2 aromatic carbocycles. The Morgan fingerprint density at radius 3 is 2.49 bits per heavy atom. The summed E-state index contributed by atoms with van der Waals surface area (Å²) in [7, 11) is -0.834. The minimum Gasteiger partial charge on any atom is -0.495 e. The number of halogens is 1. The molecule has 35 heavy (non-hydrogen) atoms. The molecular weight excluding hydrogens is 473 g/mol. The Balaban J connectivity index is 1.39. The van der Waals surface area contributed by atoms with Crippen molar-refractivity contribution in [2.45, 2.75) is 36.7 Å². The van der Waals surface area contributed by atoms with E-state index in [0.29, 0.717) is 30.4 Å². The predicted octanol–water partition coefficient (Wildman–Crippen LogP) is 3.71. The SMILES string of the molecule is COCc1nc(C2CCN(CCc3ccc(OC)c(S(N)(=O)=O)c3)CC2)oc1-c1ccc(F)cc1. The largest absolute Gasteiger partial charge is 0.495 e. The molecule has 188 valence electrons. The molecule has 4 rings (SSSR count). The van der Waals surface area contributed by atoms with Crippen LogP contribution in [0.5, 0.6) is 5.75 Å². The van der Waals surface area contributed by atoms with Crippen LogP contribution in [0.4, 0.5) is 4.39 Å². The summed E-state index contributed by atoms with van der Waals surface area (Å²) in [5.74, 6) is 1.44. The highest BCUT2D eigenvalue weighted by molar-refractivity contribution is 7.89. The normalized spacial score (nSPS) is 15.4. The molecule has 0 bridgehead atoms. The van der Waals surface area contributed by atoms with Crippen LogP contribution in [0.2, 0.25) is 0 Å². The molecule has 1 aliphatic rings. The number of nitrogens with two attached hydrogens (primary N) is 1. The fourth-order valence-electron chi connectivity index (χ4n) is 4.40. The molecule has 0 radical (unpaired) electrons. The van der Waals surface area contributed by atoms with Gasteiger partial charge in [-0.15, -0.1) is 0 Å². The Morgan fingerprint density at radius 1 is 1.14 bits per heavy atom. The first-order valence-corrected chi connectivity index (χ1v) is 13.0. The van der Waals surface area contributed by atoms with Crippen LogP contribution in [0.15, 0.2) is 51.8 Å². The zero-order chi connectivity index (χ0) is 25.0. The lowest BCUT2D eigenvalue weighted by Gasteiger charge is -2.30. The smallest absolute Gasteiger partial charge is 0.241 e. The molecule has 1 fully saturated rings. The maximum Gasteiger partial charge on any atom is 0.241 e. The Morgan fingerprint density at radius 2 is 1.86 bits per heavy atom. The summed E-state index contributed by atoms with van der Waals surface area (Å²) in [6.07, 6.45) is 2.48. The van der Waals surface area contributed by atoms with Gasteiger partial charge >= 0.3 is 0 Å². The van der Waals surface area contributed by atoms with Crippen LogP contribution in [0, 0.1) is 5.82 Å². The molecule has 3 aromatic rings. The lowest BCUT2D eigenvalue weighted by atomic mass is 9.96. The molecule has 0 unspecified atom stereocenters. The highest BCUT2D eigenvalue weighted by Crippen LogP contribution is 2.33. The van der Waals surface area contributed by atoms with E-state index in [-0.39, 0.29) is 22.4 Å². The summed E-state index contributed by atoms with van der Waals surface area (Å²) in [5.41, 5.74) is 2.37. The third-order valence-corrected chi connectivity index (χ3v) is 7.22. The molecule has 0 amide bonds. The van der Waals surface area contributed by atoms with Crippen LogP contribution < -0.4 is 9.88 Å². The predicted molar refractivity (Wildman–Crippen MR) is 129 cm³/mol. The van der Waals surface area contributed by atoms with Crippen molar-refractivity contribution in [3.63, 3.8) is 0 Å². The molecular formula is C25H30FN3O5S. The van der Waals surface area contributed by atoms with Crippen molar-refractivity contribution in [1.29, 1.82) is 0 Å². The second kappa shape index (κ2) is 10.9. The van der Waals surface area contributed by atoms with Crippen molar-refractivity contribution in [1.82, 2.24) is 9.88 Å². The van der Waals surface area contributed by atoms with Crippen molar-refractivity contribution >= 4 is 10.0 Å². The van der Waals surface area contributed by atoms with Gasteiger partial charge in [0.15, 0.2) is 11.7 Å². The lowest BCUT2D eigenvalue weighted by molar-refractivity contribution is 0.181. The van der Waals surface area contributed by atoms with Gasteiger partial charge in [-0.2, -0.15) is 0 Å². The standard InChI is InChI=1S/C25H30FN3O5S/c1-32-16-21-24(18-4-6-20(26)7-5-18)34-25(28-21)19-10-13-29(14-11-19)12-9-17-3-8-22(33-2)23(15-17)35(27,30)31/h3-8,15,19H,9-14,16H2,1-2H3,(H2,27,30,31). The second-order valence-electron chi connectivity index (χ2n) is 8.66. The lowest BCUT2D eigenvalue weighted by Crippen LogP contribution is -2.34. The van der Waals surface area contributed by atoms with Crippen molar-refractivity contribution in [2.24, 2.45) is 5.14 Å². The number of ether oxygens (including phenoxy) is 2. The van der Waals surface area contributed by atoms with Crippen LogP contribution in [0.25, 0.3) is 11.3 Å². The van der Waals surface area contributed by atoms with Crippen molar-refractivity contribution in [3.05, 3.63) is 65.4 Å². The van der Waals surface area contributed by atoms with E-state index in [0.717, 1.165) is 43.6 Å². The third kappa shape index (κ3) is 6.07. The zero-order valence-corrected chi connectivity index (χ0v) is 20.7. The first-order valence-electron chi connectivity index (χ1n) is 11.4. The van der Waals surface area contributed by atoms with Crippen LogP contribution >= 0.6 is 0 Å². The first-order chi connectivity index (χ1) is 16.8. The van der Waals surface area contributed by atoms with Crippen LogP contribution in [-0.2, 0) is 27.8 Å². The van der Waals surface area contributed by atoms with Crippen LogP contribution in [0.1, 0.15) is 35.9 Å². The molecule has 2 N–H and O–H groups in total. The quantitative estimate of drug-likeness (QED) is 0.474. The van der Waals surface area contributed by atoms with E-state index < -0.39 is 10.0 Å². The average molecular weight is 504 g/mol. The molecule has 1 saturated heterocycles. The minimum atomic E-state index is -3.86. The molecule has 10 heteroatoms. The molecule has 1 aliphatic heterocycles. The fraction of sp³-hybridized carbons (Fsp3) is 0.400. The number of oxazole rings is 1. The van der Waals surface area contributed by atoms with Gasteiger partial charge in [-0.1, -0.05) is 6.07 Å². The molecule has 1 aromatic heterocycles. The Kier molecular flexibility index (Phi) is 7.85. The van der Waals surface area contributed by atoms with Gasteiger partial charge in [0.1, 0.15) is 22.2 Å². The maximum atomic E-state index is 13.3. The topological polar surface area (TPSA) is 108 Å². The zero-order valence-electron chi connectivity index (χ0n) is 19.9. The second-order valence-corrected chi connectivity index (χ2v) is 10.2. The molecule has 2 heterocycles. The number of rotatable bonds is 9. The van der Waals surface area contributed by atoms with E-state index in [2.05, 4.69) is 4.90 Å². The van der Waals surface area contributed by atoms with Gasteiger partial charge in [0, 0.05) is 25.1 Å². The van der Waals surface area contributed by atoms with Gasteiger partial charge in [0.25, 0.3) is 0 Å². The van der Waals surface area contributed by atoms with Gasteiger partial charge < -0.3 is 18.8 Å². The highest BCUT2D eigenvalue weighted by atomic mass is 32.2. The number of likely N-dealkylation sites (tertiary alicyclic amines) is 1. The summed E-state index contributed by atoms with van der Waals surface area (Å²) in [4.78, 5) is 7.05. The summed E-state index contributed by atoms with van der Waals surface area (Å²) in [5, 5.41) is 5.33. The minimum absolute atomic E-state index is 0.00363. The first kappa shape index (κ1) is 25.3. The molecule has 0 saturated carbocycles. The Labute approximate surface area is 204 Å². The van der Waals surface area contributed by atoms with Crippen molar-refractivity contribution in [3.8, 4) is 17.1 Å². The van der Waals surface area contributed by atoms with Crippen molar-refractivity contribution < 1.29 is 26.7 Å². The summed E-state index contributed by atoms with van der Waals surface area (Å²) in [6, 6.07) is 11.3. The Bertz CT molecular complexity index is 1250. The van der Waals surface area contributed by atoms with Gasteiger partial charge in [-0.25, -0.2) is 22.9 Å². The van der Waals surface area contributed by atoms with Crippen LogP contribution in [-0.4, -0.2) is 52.2 Å². The number of benzene rings is 2. The van der Waals surface area contributed by atoms with Gasteiger partial charge in [0.05, 0.1) is 13.7 Å². The summed E-state index contributed by atoms with van der Waals surface area (Å²) in [6.45, 7) is 2.86. The number of nitrogens with zero attached hydrogens (tertiary/aromatic N) is 2.